The minimum Gasteiger partial charge on any atom is -0.397 e. The van der Waals surface area contributed by atoms with Crippen LogP contribution in [0.4, 0.5) is 10.7 Å². The summed E-state index contributed by atoms with van der Waals surface area (Å²) in [6.45, 7) is 3.68. The molecule has 1 saturated carbocycles. The molecule has 5 heteroatoms. The molecule has 1 fully saturated rings. The zero-order valence-corrected chi connectivity index (χ0v) is 12.9. The molecule has 3 rings (SSSR count). The van der Waals surface area contributed by atoms with Crippen LogP contribution in [0, 0.1) is 5.92 Å². The van der Waals surface area contributed by atoms with Gasteiger partial charge in [-0.05, 0) is 38.0 Å². The summed E-state index contributed by atoms with van der Waals surface area (Å²) in [5.41, 5.74) is 7.67. The predicted octanol–water partition coefficient (Wildman–Crippen LogP) is 3.34. The van der Waals surface area contributed by atoms with Crippen LogP contribution in [-0.4, -0.2) is 17.3 Å². The molecule has 2 N–H and O–H groups in total. The fourth-order valence-corrected chi connectivity index (χ4v) is 3.47. The number of carbonyl (C=O) groups excluding carboxylic acids is 1. The SMILES string of the molecule is CCN(Cc1ccccn1)c1cc(N)c(C(=O)C2CC2)s1. The van der Waals surface area contributed by atoms with Crippen molar-refractivity contribution in [1.82, 2.24) is 4.98 Å². The van der Waals surface area contributed by atoms with E-state index in [-0.39, 0.29) is 11.7 Å². The summed E-state index contributed by atoms with van der Waals surface area (Å²) in [6.07, 6.45) is 3.82. The molecule has 4 nitrogen and oxygen atoms in total. The Balaban J connectivity index is 1.80. The molecule has 0 atom stereocenters. The fraction of sp³-hybridized carbons (Fsp3) is 0.375. The van der Waals surface area contributed by atoms with Crippen LogP contribution in [0.15, 0.2) is 30.5 Å². The Hall–Kier alpha value is -1.88. The van der Waals surface area contributed by atoms with Gasteiger partial charge in [0.2, 0.25) is 0 Å². The third-order valence-electron chi connectivity index (χ3n) is 3.69. The van der Waals surface area contributed by atoms with Crippen LogP contribution in [0.3, 0.4) is 0 Å². The first kappa shape index (κ1) is 14.1. The number of carbonyl (C=O) groups is 1. The molecule has 0 aromatic carbocycles. The number of aromatic nitrogens is 1. The Kier molecular flexibility index (Phi) is 3.92. The number of rotatable bonds is 6. The molecule has 0 aliphatic heterocycles. The molecule has 0 radical (unpaired) electrons. The summed E-state index contributed by atoms with van der Waals surface area (Å²) in [6, 6.07) is 7.83. The van der Waals surface area contributed by atoms with E-state index in [0.717, 1.165) is 41.5 Å². The number of hydrogen-bond acceptors (Lipinski definition) is 5. The Bertz CT molecular complexity index is 634. The van der Waals surface area contributed by atoms with E-state index in [1.54, 1.807) is 6.20 Å². The molecule has 110 valence electrons. The first-order chi connectivity index (χ1) is 10.2. The molecule has 21 heavy (non-hydrogen) atoms. The normalized spacial score (nSPS) is 14.1. The van der Waals surface area contributed by atoms with Gasteiger partial charge in [0.25, 0.3) is 0 Å². The second-order valence-corrected chi connectivity index (χ2v) is 6.37. The summed E-state index contributed by atoms with van der Waals surface area (Å²) in [4.78, 5) is 19.5. The van der Waals surface area contributed by atoms with E-state index >= 15 is 0 Å². The zero-order chi connectivity index (χ0) is 14.8. The van der Waals surface area contributed by atoms with Crippen LogP contribution in [0.25, 0.3) is 0 Å². The Morgan fingerprint density at radius 3 is 2.90 bits per heavy atom. The smallest absolute Gasteiger partial charge is 0.178 e. The van der Waals surface area contributed by atoms with Crippen molar-refractivity contribution in [3.05, 3.63) is 41.0 Å². The highest BCUT2D eigenvalue weighted by atomic mass is 32.1. The number of nitrogens with zero attached hydrogens (tertiary/aromatic N) is 2. The topological polar surface area (TPSA) is 59.2 Å². The van der Waals surface area contributed by atoms with Gasteiger partial charge < -0.3 is 10.6 Å². The third kappa shape index (κ3) is 3.08. The Morgan fingerprint density at radius 2 is 2.29 bits per heavy atom. The van der Waals surface area contributed by atoms with Gasteiger partial charge in [-0.25, -0.2) is 0 Å². The minimum atomic E-state index is 0.213. The first-order valence-electron chi connectivity index (χ1n) is 7.27. The molecule has 0 spiro atoms. The monoisotopic (exact) mass is 301 g/mol. The fourth-order valence-electron chi connectivity index (χ4n) is 2.30. The Labute approximate surface area is 128 Å². The number of pyridine rings is 1. The largest absolute Gasteiger partial charge is 0.397 e. The van der Waals surface area contributed by atoms with Gasteiger partial charge in [-0.15, -0.1) is 11.3 Å². The summed E-state index contributed by atoms with van der Waals surface area (Å²) < 4.78 is 0. The number of hydrogen-bond donors (Lipinski definition) is 1. The van der Waals surface area contributed by atoms with Crippen LogP contribution in [0.5, 0.6) is 0 Å². The number of Topliss-reactive ketones (excluding diaryl/α,β-unsaturated/α-hetero) is 1. The molecule has 1 aliphatic carbocycles. The average molecular weight is 301 g/mol. The molecule has 2 aromatic heterocycles. The molecule has 1 aliphatic rings. The highest BCUT2D eigenvalue weighted by Gasteiger charge is 2.33. The van der Waals surface area contributed by atoms with Gasteiger partial charge in [-0.2, -0.15) is 0 Å². The first-order valence-corrected chi connectivity index (χ1v) is 8.09. The number of anilines is 2. The van der Waals surface area contributed by atoms with E-state index in [4.69, 9.17) is 5.73 Å². The van der Waals surface area contributed by atoms with Crippen LogP contribution in [0.1, 0.15) is 35.1 Å². The van der Waals surface area contributed by atoms with Gasteiger partial charge in [0.15, 0.2) is 5.78 Å². The maximum atomic E-state index is 12.2. The Morgan fingerprint density at radius 1 is 1.48 bits per heavy atom. The van der Waals surface area contributed by atoms with Gasteiger partial charge in [0, 0.05) is 18.7 Å². The summed E-state index contributed by atoms with van der Waals surface area (Å²) in [5, 5.41) is 1.05. The number of thiophene rings is 1. The number of ketones is 1. The molecule has 0 bridgehead atoms. The maximum absolute atomic E-state index is 12.2. The van der Waals surface area contributed by atoms with Crippen LogP contribution in [-0.2, 0) is 6.54 Å². The van der Waals surface area contributed by atoms with E-state index in [9.17, 15) is 4.79 Å². The van der Waals surface area contributed by atoms with Crippen molar-refractivity contribution in [2.45, 2.75) is 26.3 Å². The molecular weight excluding hydrogens is 282 g/mol. The molecule has 0 amide bonds. The second kappa shape index (κ2) is 5.85. The second-order valence-electron chi connectivity index (χ2n) is 5.34. The third-order valence-corrected chi connectivity index (χ3v) is 4.92. The van der Waals surface area contributed by atoms with Gasteiger partial charge in [0.1, 0.15) is 0 Å². The van der Waals surface area contributed by atoms with Gasteiger partial charge in [-0.1, -0.05) is 6.07 Å². The lowest BCUT2D eigenvalue weighted by Gasteiger charge is -2.20. The average Bonchev–Trinajstić information content (AvgIpc) is 3.28. The van der Waals surface area contributed by atoms with E-state index in [2.05, 4.69) is 16.8 Å². The van der Waals surface area contributed by atoms with Crippen molar-refractivity contribution in [3.63, 3.8) is 0 Å². The molecule has 0 unspecified atom stereocenters. The van der Waals surface area contributed by atoms with Crippen LogP contribution < -0.4 is 10.6 Å². The van der Waals surface area contributed by atoms with Crippen molar-refractivity contribution >= 4 is 27.8 Å². The van der Waals surface area contributed by atoms with E-state index in [0.29, 0.717) is 5.69 Å². The van der Waals surface area contributed by atoms with Crippen LogP contribution in [0.2, 0.25) is 0 Å². The molecule has 2 aromatic rings. The lowest BCUT2D eigenvalue weighted by molar-refractivity contribution is 0.0972. The van der Waals surface area contributed by atoms with Crippen molar-refractivity contribution in [1.29, 1.82) is 0 Å². The van der Waals surface area contributed by atoms with Crippen molar-refractivity contribution < 1.29 is 4.79 Å². The number of nitrogens with two attached hydrogens (primary N) is 1. The van der Waals surface area contributed by atoms with Crippen molar-refractivity contribution in [2.75, 3.05) is 17.2 Å². The standard InChI is InChI=1S/C16H19N3OS/c1-2-19(10-12-5-3-4-8-18-12)14-9-13(17)16(21-14)15(20)11-6-7-11/h3-5,8-9,11H,2,6-7,10,17H2,1H3. The van der Waals surface area contributed by atoms with Crippen LogP contribution >= 0.6 is 11.3 Å². The lowest BCUT2D eigenvalue weighted by atomic mass is 10.2. The van der Waals surface area contributed by atoms with Gasteiger partial charge in [0.05, 0.1) is 27.8 Å². The predicted molar refractivity (Wildman–Crippen MR) is 86.7 cm³/mol. The zero-order valence-electron chi connectivity index (χ0n) is 12.1. The highest BCUT2D eigenvalue weighted by Crippen LogP contribution is 2.40. The van der Waals surface area contributed by atoms with Crippen molar-refractivity contribution in [2.24, 2.45) is 5.92 Å². The molecule has 0 saturated heterocycles. The minimum absolute atomic E-state index is 0.213. The summed E-state index contributed by atoms with van der Waals surface area (Å²) in [5.74, 6) is 0.433. The summed E-state index contributed by atoms with van der Waals surface area (Å²) in [7, 11) is 0. The van der Waals surface area contributed by atoms with Crippen molar-refractivity contribution in [3.8, 4) is 0 Å². The van der Waals surface area contributed by atoms with Gasteiger partial charge in [-0.3, -0.25) is 9.78 Å². The lowest BCUT2D eigenvalue weighted by Crippen LogP contribution is -2.21. The van der Waals surface area contributed by atoms with E-state index < -0.39 is 0 Å². The number of nitrogen functional groups attached to an aromatic ring is 1. The van der Waals surface area contributed by atoms with E-state index in [1.165, 1.54) is 11.3 Å². The molecular formula is C16H19N3OS. The van der Waals surface area contributed by atoms with E-state index in [1.807, 2.05) is 24.3 Å². The van der Waals surface area contributed by atoms with Gasteiger partial charge >= 0.3 is 0 Å². The maximum Gasteiger partial charge on any atom is 0.178 e. The highest BCUT2D eigenvalue weighted by molar-refractivity contribution is 7.18. The summed E-state index contributed by atoms with van der Waals surface area (Å²) >= 11 is 1.51. The quantitative estimate of drug-likeness (QED) is 0.831. The molecule has 2 heterocycles.